The zero-order valence-electron chi connectivity index (χ0n) is 11.1. The number of likely N-dealkylation sites (N-methyl/N-ethyl adjacent to an activating group) is 1. The Bertz CT molecular complexity index is 243. The maximum absolute atomic E-state index is 12.2. The van der Waals surface area contributed by atoms with E-state index in [0.717, 1.165) is 19.5 Å². The Kier molecular flexibility index (Phi) is 4.84. The summed E-state index contributed by atoms with van der Waals surface area (Å²) in [6, 6.07) is 0.430. The monoisotopic (exact) mass is 238 g/mol. The van der Waals surface area contributed by atoms with E-state index < -0.39 is 0 Å². The van der Waals surface area contributed by atoms with E-state index in [9.17, 15) is 4.79 Å². The number of hydrogen-bond acceptors (Lipinski definition) is 2. The summed E-state index contributed by atoms with van der Waals surface area (Å²) in [4.78, 5) is 14.2. The smallest absolute Gasteiger partial charge is 0.222 e. The molecule has 1 unspecified atom stereocenters. The Labute approximate surface area is 105 Å². The van der Waals surface area contributed by atoms with E-state index in [1.807, 2.05) is 11.9 Å². The molecule has 0 aromatic rings. The molecule has 0 bridgehead atoms. The van der Waals surface area contributed by atoms with E-state index in [2.05, 4.69) is 5.32 Å². The van der Waals surface area contributed by atoms with E-state index in [-0.39, 0.29) is 0 Å². The lowest BCUT2D eigenvalue weighted by molar-refractivity contribution is -0.133. The molecule has 2 fully saturated rings. The molecule has 1 aliphatic heterocycles. The summed E-state index contributed by atoms with van der Waals surface area (Å²) in [5, 5.41) is 3.38. The average Bonchev–Trinajstić information content (AvgIpc) is 2.40. The predicted molar refractivity (Wildman–Crippen MR) is 69.9 cm³/mol. The summed E-state index contributed by atoms with van der Waals surface area (Å²) in [6.45, 7) is 2.09. The molecule has 1 saturated carbocycles. The fraction of sp³-hybridized carbons (Fsp3) is 0.929. The number of piperidine rings is 1. The van der Waals surface area contributed by atoms with Crippen LogP contribution in [-0.4, -0.2) is 37.0 Å². The van der Waals surface area contributed by atoms with Gasteiger partial charge >= 0.3 is 0 Å². The summed E-state index contributed by atoms with van der Waals surface area (Å²) < 4.78 is 0. The van der Waals surface area contributed by atoms with Crippen molar-refractivity contribution in [2.24, 2.45) is 5.92 Å². The van der Waals surface area contributed by atoms with Crippen molar-refractivity contribution in [3.8, 4) is 0 Å². The van der Waals surface area contributed by atoms with Gasteiger partial charge in [-0.25, -0.2) is 0 Å². The number of carbonyl (C=O) groups is 1. The van der Waals surface area contributed by atoms with Crippen LogP contribution in [0.5, 0.6) is 0 Å². The largest absolute Gasteiger partial charge is 0.341 e. The van der Waals surface area contributed by atoms with Crippen molar-refractivity contribution in [2.75, 3.05) is 20.1 Å². The molecule has 1 heterocycles. The minimum atomic E-state index is 0.366. The molecule has 0 spiro atoms. The topological polar surface area (TPSA) is 32.3 Å². The van der Waals surface area contributed by atoms with Gasteiger partial charge in [-0.2, -0.15) is 0 Å². The van der Waals surface area contributed by atoms with Gasteiger partial charge in [0.05, 0.1) is 0 Å². The van der Waals surface area contributed by atoms with Gasteiger partial charge in [-0.05, 0) is 38.1 Å². The van der Waals surface area contributed by atoms with Crippen LogP contribution in [-0.2, 0) is 4.79 Å². The van der Waals surface area contributed by atoms with Crippen LogP contribution in [0.3, 0.4) is 0 Å². The second-order valence-corrected chi connectivity index (χ2v) is 5.71. The third-order valence-electron chi connectivity index (χ3n) is 4.40. The van der Waals surface area contributed by atoms with Crippen LogP contribution in [0.25, 0.3) is 0 Å². The highest BCUT2D eigenvalue weighted by molar-refractivity contribution is 5.76. The summed E-state index contributed by atoms with van der Waals surface area (Å²) in [7, 11) is 1.99. The number of amides is 1. The molecule has 1 saturated heterocycles. The molecule has 3 heteroatoms. The number of nitrogens with one attached hydrogen (secondary N) is 1. The Hall–Kier alpha value is -0.570. The number of hydrogen-bond donors (Lipinski definition) is 1. The SMILES string of the molecule is CN(C(=O)CC1CCCCC1)C1CCCNC1. The van der Waals surface area contributed by atoms with Gasteiger partial charge in [-0.1, -0.05) is 19.3 Å². The summed E-state index contributed by atoms with van der Waals surface area (Å²) in [6.07, 6.45) is 9.70. The molecule has 1 N–H and O–H groups in total. The number of nitrogens with zero attached hydrogens (tertiary/aromatic N) is 1. The van der Waals surface area contributed by atoms with E-state index in [1.165, 1.54) is 44.9 Å². The molecule has 17 heavy (non-hydrogen) atoms. The van der Waals surface area contributed by atoms with Crippen molar-refractivity contribution in [2.45, 2.75) is 57.4 Å². The first-order valence-corrected chi connectivity index (χ1v) is 7.24. The normalized spacial score (nSPS) is 26.8. The first-order chi connectivity index (χ1) is 8.27. The van der Waals surface area contributed by atoms with Crippen LogP contribution in [0, 0.1) is 5.92 Å². The lowest BCUT2D eigenvalue weighted by Crippen LogP contribution is -2.47. The summed E-state index contributed by atoms with van der Waals surface area (Å²) in [5.41, 5.74) is 0. The highest BCUT2D eigenvalue weighted by atomic mass is 16.2. The molecule has 2 aliphatic rings. The number of carbonyl (C=O) groups excluding carboxylic acids is 1. The molecule has 2 rings (SSSR count). The zero-order chi connectivity index (χ0) is 12.1. The standard InChI is InChI=1S/C14H26N2O/c1-16(13-8-5-9-15-11-13)14(17)10-12-6-3-2-4-7-12/h12-13,15H,2-11H2,1H3. The van der Waals surface area contributed by atoms with Crippen LogP contribution in [0.15, 0.2) is 0 Å². The number of rotatable bonds is 3. The molecular weight excluding hydrogens is 212 g/mol. The lowest BCUT2D eigenvalue weighted by atomic mass is 9.86. The second kappa shape index (κ2) is 6.39. The van der Waals surface area contributed by atoms with Gasteiger partial charge in [-0.15, -0.1) is 0 Å². The van der Waals surface area contributed by atoms with Gasteiger partial charge in [0.25, 0.3) is 0 Å². The maximum Gasteiger partial charge on any atom is 0.222 e. The first-order valence-electron chi connectivity index (χ1n) is 7.24. The van der Waals surface area contributed by atoms with Crippen molar-refractivity contribution in [3.63, 3.8) is 0 Å². The van der Waals surface area contributed by atoms with Gasteiger partial charge in [0, 0.05) is 26.1 Å². The fourth-order valence-corrected chi connectivity index (χ4v) is 3.15. The minimum Gasteiger partial charge on any atom is -0.341 e. The third-order valence-corrected chi connectivity index (χ3v) is 4.40. The molecule has 0 radical (unpaired) electrons. The van der Waals surface area contributed by atoms with Crippen LogP contribution in [0.1, 0.15) is 51.4 Å². The van der Waals surface area contributed by atoms with E-state index >= 15 is 0 Å². The van der Waals surface area contributed by atoms with E-state index in [0.29, 0.717) is 17.9 Å². The Morgan fingerprint density at radius 1 is 1.18 bits per heavy atom. The molecular formula is C14H26N2O. The Morgan fingerprint density at radius 2 is 1.94 bits per heavy atom. The fourth-order valence-electron chi connectivity index (χ4n) is 3.15. The van der Waals surface area contributed by atoms with Crippen molar-refractivity contribution < 1.29 is 4.79 Å². The van der Waals surface area contributed by atoms with Crippen molar-refractivity contribution in [3.05, 3.63) is 0 Å². The molecule has 1 atom stereocenters. The molecule has 1 amide bonds. The molecule has 1 aliphatic carbocycles. The summed E-state index contributed by atoms with van der Waals surface area (Å²) in [5.74, 6) is 1.03. The van der Waals surface area contributed by atoms with E-state index in [4.69, 9.17) is 0 Å². The highest BCUT2D eigenvalue weighted by Crippen LogP contribution is 2.27. The quantitative estimate of drug-likeness (QED) is 0.817. The van der Waals surface area contributed by atoms with Crippen molar-refractivity contribution in [1.82, 2.24) is 10.2 Å². The second-order valence-electron chi connectivity index (χ2n) is 5.71. The molecule has 3 nitrogen and oxygen atoms in total. The molecule has 0 aromatic heterocycles. The predicted octanol–water partition coefficient (Wildman–Crippen LogP) is 2.17. The molecule has 98 valence electrons. The van der Waals surface area contributed by atoms with Gasteiger partial charge in [0.15, 0.2) is 0 Å². The minimum absolute atomic E-state index is 0.366. The zero-order valence-corrected chi connectivity index (χ0v) is 11.1. The van der Waals surface area contributed by atoms with Crippen LogP contribution >= 0.6 is 0 Å². The Morgan fingerprint density at radius 3 is 2.59 bits per heavy atom. The lowest BCUT2D eigenvalue weighted by Gasteiger charge is -2.33. The summed E-state index contributed by atoms with van der Waals surface area (Å²) >= 11 is 0. The third kappa shape index (κ3) is 3.70. The van der Waals surface area contributed by atoms with Crippen molar-refractivity contribution >= 4 is 5.91 Å². The van der Waals surface area contributed by atoms with Gasteiger partial charge in [0.2, 0.25) is 5.91 Å². The van der Waals surface area contributed by atoms with Crippen molar-refractivity contribution in [1.29, 1.82) is 0 Å². The Balaban J connectivity index is 1.77. The van der Waals surface area contributed by atoms with Gasteiger partial charge in [0.1, 0.15) is 0 Å². The van der Waals surface area contributed by atoms with Crippen LogP contribution < -0.4 is 5.32 Å². The van der Waals surface area contributed by atoms with Crippen LogP contribution in [0.4, 0.5) is 0 Å². The average molecular weight is 238 g/mol. The van der Waals surface area contributed by atoms with Gasteiger partial charge < -0.3 is 10.2 Å². The first kappa shape index (κ1) is 12.9. The van der Waals surface area contributed by atoms with Gasteiger partial charge in [-0.3, -0.25) is 4.79 Å². The maximum atomic E-state index is 12.2. The molecule has 0 aromatic carbocycles. The van der Waals surface area contributed by atoms with E-state index in [1.54, 1.807) is 0 Å². The van der Waals surface area contributed by atoms with Crippen LogP contribution in [0.2, 0.25) is 0 Å². The highest BCUT2D eigenvalue weighted by Gasteiger charge is 2.24.